The van der Waals surface area contributed by atoms with Crippen molar-refractivity contribution in [2.75, 3.05) is 43.2 Å². The summed E-state index contributed by atoms with van der Waals surface area (Å²) < 4.78 is 5.50. The summed E-state index contributed by atoms with van der Waals surface area (Å²) in [5.41, 5.74) is 4.10. The minimum absolute atomic E-state index is 0.0866. The molecule has 130 valence electrons. The second-order valence-electron chi connectivity index (χ2n) is 6.91. The van der Waals surface area contributed by atoms with Crippen molar-refractivity contribution in [2.24, 2.45) is 0 Å². The Morgan fingerprint density at radius 2 is 1.92 bits per heavy atom. The molecule has 4 heteroatoms. The third kappa shape index (κ3) is 3.14. The van der Waals surface area contributed by atoms with E-state index < -0.39 is 0 Å². The first kappa shape index (κ1) is 16.2. The van der Waals surface area contributed by atoms with Gasteiger partial charge in [0.1, 0.15) is 0 Å². The van der Waals surface area contributed by atoms with Gasteiger partial charge in [0.15, 0.2) is 0 Å². The third-order valence-corrected chi connectivity index (χ3v) is 5.24. The quantitative estimate of drug-likeness (QED) is 0.839. The predicted molar refractivity (Wildman–Crippen MR) is 101 cm³/mol. The largest absolute Gasteiger partial charge is 0.381 e. The van der Waals surface area contributed by atoms with Crippen LogP contribution in [0.25, 0.3) is 0 Å². The SMILES string of the molecule is CN1CCCN(C(=O)c2cccc([C@@H]3CCOC3)c2)c2ccccc21. The number of para-hydroxylation sites is 2. The first-order valence-corrected chi connectivity index (χ1v) is 9.04. The zero-order valence-corrected chi connectivity index (χ0v) is 14.6. The number of nitrogens with zero attached hydrogens (tertiary/aromatic N) is 2. The molecule has 25 heavy (non-hydrogen) atoms. The minimum atomic E-state index is 0.0866. The molecule has 0 aliphatic carbocycles. The number of benzene rings is 2. The molecular weight excluding hydrogens is 312 g/mol. The van der Waals surface area contributed by atoms with Gasteiger partial charge in [0, 0.05) is 38.2 Å². The van der Waals surface area contributed by atoms with E-state index in [-0.39, 0.29) is 5.91 Å². The van der Waals surface area contributed by atoms with Crippen LogP contribution in [0, 0.1) is 0 Å². The number of carbonyl (C=O) groups is 1. The summed E-state index contributed by atoms with van der Waals surface area (Å²) >= 11 is 0. The van der Waals surface area contributed by atoms with Crippen LogP contribution in [0.15, 0.2) is 48.5 Å². The fourth-order valence-electron chi connectivity index (χ4n) is 3.81. The van der Waals surface area contributed by atoms with Crippen LogP contribution in [0.5, 0.6) is 0 Å². The van der Waals surface area contributed by atoms with Crippen LogP contribution in [-0.2, 0) is 4.74 Å². The number of hydrogen-bond acceptors (Lipinski definition) is 3. The van der Waals surface area contributed by atoms with E-state index in [0.717, 1.165) is 56.1 Å². The Labute approximate surface area is 149 Å². The second-order valence-corrected chi connectivity index (χ2v) is 6.91. The van der Waals surface area contributed by atoms with Crippen molar-refractivity contribution in [1.82, 2.24) is 0 Å². The zero-order chi connectivity index (χ0) is 17.2. The Morgan fingerprint density at radius 1 is 1.08 bits per heavy atom. The molecule has 4 nitrogen and oxygen atoms in total. The lowest BCUT2D eigenvalue weighted by Gasteiger charge is -2.24. The van der Waals surface area contributed by atoms with Gasteiger partial charge in [0.05, 0.1) is 18.0 Å². The lowest BCUT2D eigenvalue weighted by molar-refractivity contribution is 0.0987. The number of fused-ring (bicyclic) bond motifs is 1. The molecule has 0 unspecified atom stereocenters. The first-order chi connectivity index (χ1) is 12.2. The van der Waals surface area contributed by atoms with Crippen molar-refractivity contribution in [3.8, 4) is 0 Å². The van der Waals surface area contributed by atoms with Gasteiger partial charge in [-0.25, -0.2) is 0 Å². The molecular formula is C21H24N2O2. The summed E-state index contributed by atoms with van der Waals surface area (Å²) in [6.45, 7) is 3.28. The maximum Gasteiger partial charge on any atom is 0.258 e. The standard InChI is InChI=1S/C21H24N2O2/c1-22-11-5-12-23(20-9-3-2-8-19(20)22)21(24)17-7-4-6-16(14-17)18-10-13-25-15-18/h2-4,6-9,14,18H,5,10-13,15H2,1H3/t18-/m1/s1. The molecule has 0 bridgehead atoms. The molecule has 1 amide bonds. The average Bonchev–Trinajstić information content (AvgIpc) is 3.14. The van der Waals surface area contributed by atoms with E-state index in [0.29, 0.717) is 5.92 Å². The van der Waals surface area contributed by atoms with E-state index in [4.69, 9.17) is 4.74 Å². The zero-order valence-electron chi connectivity index (χ0n) is 14.6. The molecule has 0 radical (unpaired) electrons. The Kier molecular flexibility index (Phi) is 4.45. The van der Waals surface area contributed by atoms with Crippen molar-refractivity contribution in [1.29, 1.82) is 0 Å². The predicted octanol–water partition coefficient (Wildman–Crippen LogP) is 3.68. The topological polar surface area (TPSA) is 32.8 Å². The molecule has 1 fully saturated rings. The van der Waals surface area contributed by atoms with Gasteiger partial charge in [-0.2, -0.15) is 0 Å². The van der Waals surface area contributed by atoms with Crippen LogP contribution >= 0.6 is 0 Å². The molecule has 1 saturated heterocycles. The van der Waals surface area contributed by atoms with Crippen LogP contribution < -0.4 is 9.80 Å². The number of amides is 1. The molecule has 2 aromatic carbocycles. The summed E-state index contributed by atoms with van der Waals surface area (Å²) in [6, 6.07) is 16.3. The van der Waals surface area contributed by atoms with Crippen molar-refractivity contribution in [3.05, 3.63) is 59.7 Å². The van der Waals surface area contributed by atoms with Gasteiger partial charge in [-0.3, -0.25) is 4.79 Å². The van der Waals surface area contributed by atoms with Crippen LogP contribution in [0.1, 0.15) is 34.7 Å². The van der Waals surface area contributed by atoms with Gasteiger partial charge in [0.25, 0.3) is 5.91 Å². The number of hydrogen-bond donors (Lipinski definition) is 0. The summed E-state index contributed by atoms with van der Waals surface area (Å²) in [6.07, 6.45) is 2.00. The second kappa shape index (κ2) is 6.89. The van der Waals surface area contributed by atoms with E-state index in [9.17, 15) is 4.79 Å². The van der Waals surface area contributed by atoms with Gasteiger partial charge in [-0.15, -0.1) is 0 Å². The first-order valence-electron chi connectivity index (χ1n) is 9.04. The monoisotopic (exact) mass is 336 g/mol. The Morgan fingerprint density at radius 3 is 2.72 bits per heavy atom. The molecule has 1 atom stereocenters. The highest BCUT2D eigenvalue weighted by Gasteiger charge is 2.25. The van der Waals surface area contributed by atoms with Gasteiger partial charge in [-0.1, -0.05) is 24.3 Å². The lowest BCUT2D eigenvalue weighted by atomic mass is 9.96. The normalized spacial score (nSPS) is 20.3. The summed E-state index contributed by atoms with van der Waals surface area (Å²) in [5, 5.41) is 0. The number of carbonyl (C=O) groups excluding carboxylic acids is 1. The third-order valence-electron chi connectivity index (χ3n) is 5.24. The number of rotatable bonds is 2. The molecule has 0 spiro atoms. The van der Waals surface area contributed by atoms with Crippen molar-refractivity contribution in [3.63, 3.8) is 0 Å². The number of anilines is 2. The average molecular weight is 336 g/mol. The highest BCUT2D eigenvalue weighted by atomic mass is 16.5. The summed E-state index contributed by atoms with van der Waals surface area (Å²) in [7, 11) is 2.09. The molecule has 2 heterocycles. The Balaban J connectivity index is 1.66. The molecule has 4 rings (SSSR count). The summed E-state index contributed by atoms with van der Waals surface area (Å²) in [4.78, 5) is 17.4. The van der Waals surface area contributed by atoms with E-state index >= 15 is 0 Å². The molecule has 0 saturated carbocycles. The Hall–Kier alpha value is -2.33. The van der Waals surface area contributed by atoms with Crippen molar-refractivity contribution >= 4 is 17.3 Å². The van der Waals surface area contributed by atoms with E-state index in [1.807, 2.05) is 35.2 Å². The van der Waals surface area contributed by atoms with Crippen LogP contribution in [0.4, 0.5) is 11.4 Å². The molecule has 2 aromatic rings. The van der Waals surface area contributed by atoms with Crippen LogP contribution in [0.3, 0.4) is 0 Å². The fraction of sp³-hybridized carbons (Fsp3) is 0.381. The van der Waals surface area contributed by atoms with Gasteiger partial charge < -0.3 is 14.5 Å². The maximum absolute atomic E-state index is 13.3. The van der Waals surface area contributed by atoms with Crippen LogP contribution in [0.2, 0.25) is 0 Å². The lowest BCUT2D eigenvalue weighted by Crippen LogP contribution is -2.31. The molecule has 2 aliphatic heterocycles. The van der Waals surface area contributed by atoms with Gasteiger partial charge in [-0.05, 0) is 42.7 Å². The molecule has 0 N–H and O–H groups in total. The van der Waals surface area contributed by atoms with E-state index in [1.54, 1.807) is 0 Å². The highest BCUT2D eigenvalue weighted by Crippen LogP contribution is 2.33. The van der Waals surface area contributed by atoms with Crippen molar-refractivity contribution < 1.29 is 9.53 Å². The maximum atomic E-state index is 13.3. The van der Waals surface area contributed by atoms with Gasteiger partial charge >= 0.3 is 0 Å². The fourth-order valence-corrected chi connectivity index (χ4v) is 3.81. The molecule has 0 aromatic heterocycles. The Bertz CT molecular complexity index is 768. The van der Waals surface area contributed by atoms with E-state index in [1.165, 1.54) is 5.56 Å². The summed E-state index contributed by atoms with van der Waals surface area (Å²) in [5.74, 6) is 0.499. The minimum Gasteiger partial charge on any atom is -0.381 e. The highest BCUT2D eigenvalue weighted by molar-refractivity contribution is 6.08. The van der Waals surface area contributed by atoms with Crippen LogP contribution in [-0.4, -0.2) is 39.3 Å². The smallest absolute Gasteiger partial charge is 0.258 e. The van der Waals surface area contributed by atoms with Gasteiger partial charge in [0.2, 0.25) is 0 Å². The molecule has 2 aliphatic rings. The number of ether oxygens (including phenoxy) is 1. The van der Waals surface area contributed by atoms with E-state index in [2.05, 4.69) is 30.1 Å². The van der Waals surface area contributed by atoms with Crippen molar-refractivity contribution in [2.45, 2.75) is 18.8 Å².